The molecule has 2 aromatic rings. The summed E-state index contributed by atoms with van der Waals surface area (Å²) in [5.74, 6) is 0.983. The molecule has 0 saturated heterocycles. The van der Waals surface area contributed by atoms with Crippen LogP contribution < -0.4 is 10.6 Å². The number of carbonyl (C=O) groups excluding carboxylic acids is 2. The number of nitrogens with one attached hydrogen (secondary N) is 2. The van der Waals surface area contributed by atoms with Gasteiger partial charge in [-0.15, -0.1) is 10.2 Å². The van der Waals surface area contributed by atoms with Crippen molar-refractivity contribution in [2.24, 2.45) is 0 Å². The van der Waals surface area contributed by atoms with Crippen LogP contribution in [0.1, 0.15) is 41.3 Å². The van der Waals surface area contributed by atoms with E-state index in [2.05, 4.69) is 25.4 Å². The Morgan fingerprint density at radius 3 is 2.86 bits per heavy atom. The van der Waals surface area contributed by atoms with E-state index < -0.39 is 10.8 Å². The zero-order chi connectivity index (χ0) is 19.9. The molecule has 0 fully saturated rings. The van der Waals surface area contributed by atoms with E-state index in [0.717, 1.165) is 37.5 Å². The molecule has 0 saturated carbocycles. The molecule has 0 bridgehead atoms. The van der Waals surface area contributed by atoms with E-state index in [1.54, 1.807) is 0 Å². The van der Waals surface area contributed by atoms with Crippen molar-refractivity contribution < 1.29 is 14.5 Å². The lowest BCUT2D eigenvalue weighted by molar-refractivity contribution is -0.384. The number of fused-ring (bicyclic) bond motifs is 1. The first-order valence-electron chi connectivity index (χ1n) is 9.25. The number of nitro benzene ring substituents is 1. The molecular weight excluding hydrogens is 364 g/mol. The predicted molar refractivity (Wildman–Crippen MR) is 99.7 cm³/mol. The number of benzene rings is 1. The van der Waals surface area contributed by atoms with Crippen molar-refractivity contribution in [1.29, 1.82) is 0 Å². The normalized spacial score (nSPS) is 13.3. The molecule has 0 atom stereocenters. The number of non-ortho nitro benzene ring substituents is 1. The van der Waals surface area contributed by atoms with Crippen LogP contribution in [0, 0.1) is 10.1 Å². The van der Waals surface area contributed by atoms with Crippen LogP contribution in [0.5, 0.6) is 0 Å². The van der Waals surface area contributed by atoms with Crippen molar-refractivity contribution in [3.8, 4) is 0 Å². The number of aryl methyl sites for hydroxylation is 1. The van der Waals surface area contributed by atoms with Gasteiger partial charge in [0.2, 0.25) is 5.91 Å². The Morgan fingerprint density at radius 1 is 1.18 bits per heavy atom. The van der Waals surface area contributed by atoms with Crippen LogP contribution in [0.15, 0.2) is 24.3 Å². The van der Waals surface area contributed by atoms with Crippen LogP contribution >= 0.6 is 0 Å². The molecule has 148 valence electrons. The molecule has 28 heavy (non-hydrogen) atoms. The van der Waals surface area contributed by atoms with Gasteiger partial charge in [0.05, 0.1) is 11.5 Å². The molecule has 2 amide bonds. The van der Waals surface area contributed by atoms with Gasteiger partial charge < -0.3 is 15.2 Å². The summed E-state index contributed by atoms with van der Waals surface area (Å²) in [4.78, 5) is 34.2. The molecule has 10 heteroatoms. The highest BCUT2D eigenvalue weighted by Crippen LogP contribution is 2.14. The fraction of sp³-hybridized carbons (Fsp3) is 0.444. The molecular formula is C18H22N6O4. The van der Waals surface area contributed by atoms with Gasteiger partial charge in [-0.1, -0.05) is 12.5 Å². The largest absolute Gasteiger partial charge is 0.354 e. The van der Waals surface area contributed by atoms with Gasteiger partial charge in [0.1, 0.15) is 11.6 Å². The summed E-state index contributed by atoms with van der Waals surface area (Å²) in [5, 5.41) is 24.4. The molecule has 0 spiro atoms. The zero-order valence-corrected chi connectivity index (χ0v) is 15.4. The lowest BCUT2D eigenvalue weighted by Gasteiger charge is -2.09. The molecule has 1 aromatic heterocycles. The summed E-state index contributed by atoms with van der Waals surface area (Å²) in [6, 6.07) is 5.35. The van der Waals surface area contributed by atoms with E-state index in [0.29, 0.717) is 13.0 Å². The van der Waals surface area contributed by atoms with E-state index in [-0.39, 0.29) is 23.7 Å². The first-order chi connectivity index (χ1) is 13.5. The second-order valence-electron chi connectivity index (χ2n) is 6.58. The Hall–Kier alpha value is -3.30. The molecule has 1 aliphatic rings. The maximum Gasteiger partial charge on any atom is 0.270 e. The van der Waals surface area contributed by atoms with Crippen LogP contribution in [-0.2, 0) is 24.2 Å². The molecule has 1 aliphatic heterocycles. The van der Waals surface area contributed by atoms with Crippen LogP contribution in [0.2, 0.25) is 0 Å². The summed E-state index contributed by atoms with van der Waals surface area (Å²) < 4.78 is 2.13. The van der Waals surface area contributed by atoms with Crippen LogP contribution in [0.4, 0.5) is 5.69 Å². The first kappa shape index (κ1) is 19.5. The van der Waals surface area contributed by atoms with Gasteiger partial charge >= 0.3 is 0 Å². The average molecular weight is 386 g/mol. The molecule has 1 aromatic carbocycles. The number of nitro groups is 1. The smallest absolute Gasteiger partial charge is 0.270 e. The number of hydrogen-bond donors (Lipinski definition) is 2. The predicted octanol–water partition coefficient (Wildman–Crippen LogP) is 1.00. The standard InChI is InChI=1S/C18H22N6O4/c25-17(12-20-18(26)13-5-4-6-14(11-13)24(27)28)19-9-8-16-22-21-15-7-2-1-3-10-23(15)16/h4-6,11H,1-3,7-10,12H2,(H,19,25)(H,20,26). The van der Waals surface area contributed by atoms with Gasteiger partial charge in [-0.25, -0.2) is 0 Å². The number of amides is 2. The van der Waals surface area contributed by atoms with E-state index in [1.165, 1.54) is 30.7 Å². The molecule has 0 aliphatic carbocycles. The van der Waals surface area contributed by atoms with Gasteiger partial charge in [0, 0.05) is 43.6 Å². The number of rotatable bonds is 7. The monoisotopic (exact) mass is 386 g/mol. The zero-order valence-electron chi connectivity index (χ0n) is 15.4. The topological polar surface area (TPSA) is 132 Å². The van der Waals surface area contributed by atoms with Crippen molar-refractivity contribution in [3.05, 3.63) is 51.6 Å². The highest BCUT2D eigenvalue weighted by atomic mass is 16.6. The summed E-state index contributed by atoms with van der Waals surface area (Å²) in [6.45, 7) is 1.09. The minimum Gasteiger partial charge on any atom is -0.354 e. The van der Waals surface area contributed by atoms with Crippen molar-refractivity contribution in [2.75, 3.05) is 13.1 Å². The fourth-order valence-electron chi connectivity index (χ4n) is 3.13. The van der Waals surface area contributed by atoms with Crippen molar-refractivity contribution in [2.45, 2.75) is 38.6 Å². The van der Waals surface area contributed by atoms with Crippen LogP contribution in [-0.4, -0.2) is 44.6 Å². The molecule has 2 heterocycles. The maximum atomic E-state index is 12.0. The fourth-order valence-corrected chi connectivity index (χ4v) is 3.13. The first-order valence-corrected chi connectivity index (χ1v) is 9.25. The molecule has 0 unspecified atom stereocenters. The number of aromatic nitrogens is 3. The average Bonchev–Trinajstić information content (AvgIpc) is 2.92. The summed E-state index contributed by atoms with van der Waals surface area (Å²) in [6.07, 6.45) is 4.91. The Kier molecular flexibility index (Phi) is 6.30. The highest BCUT2D eigenvalue weighted by molar-refractivity contribution is 5.96. The number of nitrogens with zero attached hydrogens (tertiary/aromatic N) is 4. The van der Waals surface area contributed by atoms with Gasteiger partial charge in [-0.05, 0) is 18.9 Å². The lowest BCUT2D eigenvalue weighted by atomic mass is 10.2. The highest BCUT2D eigenvalue weighted by Gasteiger charge is 2.15. The van der Waals surface area contributed by atoms with Gasteiger partial charge in [0.15, 0.2) is 0 Å². The van der Waals surface area contributed by atoms with Crippen molar-refractivity contribution in [1.82, 2.24) is 25.4 Å². The second-order valence-corrected chi connectivity index (χ2v) is 6.58. The van der Waals surface area contributed by atoms with E-state index >= 15 is 0 Å². The van der Waals surface area contributed by atoms with Gasteiger partial charge in [0.25, 0.3) is 11.6 Å². The third kappa shape index (κ3) is 4.90. The van der Waals surface area contributed by atoms with Crippen LogP contribution in [0.3, 0.4) is 0 Å². The van der Waals surface area contributed by atoms with Gasteiger partial charge in [-0.2, -0.15) is 0 Å². The SMILES string of the molecule is O=C(CNC(=O)c1cccc([N+](=O)[O-])c1)NCCc1nnc2n1CCCCC2. The summed E-state index contributed by atoms with van der Waals surface area (Å²) in [7, 11) is 0. The lowest BCUT2D eigenvalue weighted by Crippen LogP contribution is -2.37. The quantitative estimate of drug-likeness (QED) is 0.539. The third-order valence-corrected chi connectivity index (χ3v) is 4.59. The Morgan fingerprint density at radius 2 is 2.04 bits per heavy atom. The van der Waals surface area contributed by atoms with Crippen LogP contribution in [0.25, 0.3) is 0 Å². The maximum absolute atomic E-state index is 12.0. The van der Waals surface area contributed by atoms with Gasteiger partial charge in [-0.3, -0.25) is 19.7 Å². The summed E-state index contributed by atoms with van der Waals surface area (Å²) in [5.41, 5.74) is -0.0438. The molecule has 0 radical (unpaired) electrons. The number of carbonyl (C=O) groups is 2. The molecule has 3 rings (SSSR count). The van der Waals surface area contributed by atoms with Crippen molar-refractivity contribution in [3.63, 3.8) is 0 Å². The molecule has 10 nitrogen and oxygen atoms in total. The second kappa shape index (κ2) is 9.07. The third-order valence-electron chi connectivity index (χ3n) is 4.59. The summed E-state index contributed by atoms with van der Waals surface area (Å²) >= 11 is 0. The molecule has 2 N–H and O–H groups in total. The van der Waals surface area contributed by atoms with E-state index in [9.17, 15) is 19.7 Å². The van der Waals surface area contributed by atoms with E-state index in [4.69, 9.17) is 0 Å². The Bertz CT molecular complexity index is 879. The van der Waals surface area contributed by atoms with E-state index in [1.807, 2.05) is 0 Å². The Balaban J connectivity index is 1.44. The minimum absolute atomic E-state index is 0.133. The Labute approximate surface area is 161 Å². The minimum atomic E-state index is -0.575. The van der Waals surface area contributed by atoms with Crippen molar-refractivity contribution >= 4 is 17.5 Å². The number of hydrogen-bond acceptors (Lipinski definition) is 6.